The van der Waals surface area contributed by atoms with Crippen molar-refractivity contribution < 1.29 is 14.6 Å². The number of aryl methyl sites for hydroxylation is 1. The van der Waals surface area contributed by atoms with Crippen molar-refractivity contribution in [1.82, 2.24) is 4.90 Å². The highest BCUT2D eigenvalue weighted by Crippen LogP contribution is 2.47. The zero-order valence-electron chi connectivity index (χ0n) is 20.5. The molecule has 2 saturated heterocycles. The van der Waals surface area contributed by atoms with Gasteiger partial charge in [0, 0.05) is 30.8 Å². The molecule has 2 atom stereocenters. The van der Waals surface area contributed by atoms with E-state index in [0.29, 0.717) is 19.4 Å². The molecule has 2 bridgehead atoms. The second-order valence-corrected chi connectivity index (χ2v) is 10.6. The first-order chi connectivity index (χ1) is 17.0. The van der Waals surface area contributed by atoms with E-state index in [-0.39, 0.29) is 24.1 Å². The topological polar surface area (TPSA) is 49.8 Å². The van der Waals surface area contributed by atoms with E-state index in [9.17, 15) is 9.90 Å². The largest absolute Gasteiger partial charge is 0.448 e. The predicted molar refractivity (Wildman–Crippen MR) is 137 cm³/mol. The summed E-state index contributed by atoms with van der Waals surface area (Å²) in [5.41, 5.74) is 7.39. The van der Waals surface area contributed by atoms with Gasteiger partial charge in [0.2, 0.25) is 0 Å². The first-order valence-corrected chi connectivity index (χ1v) is 12.9. The average molecular weight is 468 g/mol. The average Bonchev–Trinajstić information content (AvgIpc) is 3.17. The number of aliphatic hydroxyl groups is 1. The third kappa shape index (κ3) is 3.66. The van der Waals surface area contributed by atoms with Crippen molar-refractivity contribution in [2.24, 2.45) is 0 Å². The van der Waals surface area contributed by atoms with Crippen LogP contribution in [-0.4, -0.2) is 34.8 Å². The molecule has 0 radical (unpaired) electrons. The molecule has 0 spiro atoms. The molecule has 3 aliphatic rings. The number of carbonyl (C=O) groups excluding carboxylic acids is 1. The van der Waals surface area contributed by atoms with Crippen molar-refractivity contribution >= 4 is 6.09 Å². The van der Waals surface area contributed by atoms with E-state index in [4.69, 9.17) is 4.74 Å². The van der Waals surface area contributed by atoms with Crippen molar-refractivity contribution in [3.63, 3.8) is 0 Å². The predicted octanol–water partition coefficient (Wildman–Crippen LogP) is 6.46. The molecule has 2 aliphatic heterocycles. The van der Waals surface area contributed by atoms with E-state index in [0.717, 1.165) is 30.4 Å². The van der Waals surface area contributed by atoms with Crippen molar-refractivity contribution in [2.45, 2.75) is 69.6 Å². The number of piperidine rings is 2. The number of benzene rings is 3. The minimum absolute atomic E-state index is 0.00284. The Kier molecular flexibility index (Phi) is 5.45. The minimum atomic E-state index is -0.897. The van der Waals surface area contributed by atoms with Crippen LogP contribution in [0.1, 0.15) is 65.8 Å². The van der Waals surface area contributed by atoms with Crippen molar-refractivity contribution in [2.75, 3.05) is 6.61 Å². The van der Waals surface area contributed by atoms with Gasteiger partial charge < -0.3 is 14.7 Å². The summed E-state index contributed by atoms with van der Waals surface area (Å²) in [4.78, 5) is 15.4. The van der Waals surface area contributed by atoms with Crippen LogP contribution in [0.5, 0.6) is 0 Å². The van der Waals surface area contributed by atoms with Gasteiger partial charge in [0.25, 0.3) is 0 Å². The molecule has 0 saturated carbocycles. The molecule has 6 rings (SSSR count). The Morgan fingerprint density at radius 1 is 0.914 bits per heavy atom. The lowest BCUT2D eigenvalue weighted by atomic mass is 9.71. The van der Waals surface area contributed by atoms with E-state index < -0.39 is 5.60 Å². The molecule has 1 N–H and O–H groups in total. The number of hydrogen-bond donors (Lipinski definition) is 1. The molecule has 2 fully saturated rings. The van der Waals surface area contributed by atoms with Crippen LogP contribution in [0, 0.1) is 13.8 Å². The van der Waals surface area contributed by atoms with Gasteiger partial charge in [0.1, 0.15) is 6.61 Å². The fourth-order valence-corrected chi connectivity index (χ4v) is 6.87. The van der Waals surface area contributed by atoms with Crippen LogP contribution in [-0.2, 0) is 10.3 Å². The van der Waals surface area contributed by atoms with Crippen LogP contribution in [0.3, 0.4) is 0 Å². The number of fused-ring (bicyclic) bond motifs is 5. The van der Waals surface area contributed by atoms with Gasteiger partial charge in [0.05, 0.1) is 5.60 Å². The van der Waals surface area contributed by atoms with Gasteiger partial charge >= 0.3 is 6.09 Å². The van der Waals surface area contributed by atoms with Gasteiger partial charge in [0.15, 0.2) is 0 Å². The zero-order chi connectivity index (χ0) is 24.2. The molecule has 1 aliphatic carbocycles. The van der Waals surface area contributed by atoms with Crippen LogP contribution in [0.15, 0.2) is 66.7 Å². The Balaban J connectivity index is 1.22. The SMILES string of the molecule is Cc1cccc(C2(O)CC3CCCC(C2)N3C(=O)OCC2c3ccccc3-c3ccccc32)c1C. The van der Waals surface area contributed by atoms with E-state index in [1.54, 1.807) is 0 Å². The van der Waals surface area contributed by atoms with E-state index in [1.807, 2.05) is 11.0 Å². The summed E-state index contributed by atoms with van der Waals surface area (Å²) in [5.74, 6) is 0.0582. The van der Waals surface area contributed by atoms with Crippen LogP contribution in [0.25, 0.3) is 11.1 Å². The number of amides is 1. The van der Waals surface area contributed by atoms with E-state index in [1.165, 1.54) is 27.8 Å². The molecule has 4 nitrogen and oxygen atoms in total. The van der Waals surface area contributed by atoms with Crippen LogP contribution >= 0.6 is 0 Å². The van der Waals surface area contributed by atoms with Gasteiger partial charge in [-0.05, 0) is 72.1 Å². The minimum Gasteiger partial charge on any atom is -0.448 e. The van der Waals surface area contributed by atoms with Gasteiger partial charge in [-0.25, -0.2) is 4.79 Å². The standard InChI is InChI=1S/C31H33NO3/c1-20-9-7-16-29(21(20)2)31(34)17-22-10-8-11-23(18-31)32(22)30(33)35-19-28-26-14-5-3-12-24(26)25-13-4-6-15-27(25)28/h3-7,9,12-16,22-23,28,34H,8,10-11,17-19H2,1-2H3. The van der Waals surface area contributed by atoms with Crippen LogP contribution < -0.4 is 0 Å². The lowest BCUT2D eigenvalue weighted by molar-refractivity contribution is -0.0894. The molecule has 3 aromatic carbocycles. The Hall–Kier alpha value is -3.11. The molecular weight excluding hydrogens is 434 g/mol. The summed E-state index contributed by atoms with van der Waals surface area (Å²) in [6, 6.07) is 23.0. The number of carbonyl (C=O) groups is 1. The number of nitrogens with zero attached hydrogens (tertiary/aromatic N) is 1. The maximum Gasteiger partial charge on any atom is 0.410 e. The first-order valence-electron chi connectivity index (χ1n) is 12.9. The molecule has 4 heteroatoms. The Bertz CT molecular complexity index is 1220. The molecular formula is C31H33NO3. The molecule has 1 amide bonds. The highest BCUT2D eigenvalue weighted by molar-refractivity contribution is 5.79. The highest BCUT2D eigenvalue weighted by atomic mass is 16.6. The quantitative estimate of drug-likeness (QED) is 0.481. The Morgan fingerprint density at radius 3 is 2.14 bits per heavy atom. The summed E-state index contributed by atoms with van der Waals surface area (Å²) < 4.78 is 6.04. The molecule has 2 unspecified atom stereocenters. The fraction of sp³-hybridized carbons (Fsp3) is 0.387. The maximum absolute atomic E-state index is 13.5. The van der Waals surface area contributed by atoms with Crippen molar-refractivity contribution in [3.05, 3.63) is 94.5 Å². The normalized spacial score (nSPS) is 25.2. The molecule has 35 heavy (non-hydrogen) atoms. The number of ether oxygens (including phenoxy) is 1. The van der Waals surface area contributed by atoms with Gasteiger partial charge in [-0.1, -0.05) is 66.7 Å². The third-order valence-electron chi connectivity index (χ3n) is 8.66. The third-order valence-corrected chi connectivity index (χ3v) is 8.66. The first kappa shape index (κ1) is 22.4. The number of hydrogen-bond acceptors (Lipinski definition) is 3. The van der Waals surface area contributed by atoms with Crippen LogP contribution in [0.2, 0.25) is 0 Å². The summed E-state index contributed by atoms with van der Waals surface area (Å²) in [5, 5.41) is 11.8. The zero-order valence-corrected chi connectivity index (χ0v) is 20.5. The van der Waals surface area contributed by atoms with Crippen molar-refractivity contribution in [1.29, 1.82) is 0 Å². The Labute approximate surface area is 207 Å². The molecule has 2 heterocycles. The van der Waals surface area contributed by atoms with E-state index >= 15 is 0 Å². The van der Waals surface area contributed by atoms with Gasteiger partial charge in [-0.3, -0.25) is 0 Å². The monoisotopic (exact) mass is 467 g/mol. The Morgan fingerprint density at radius 2 is 1.51 bits per heavy atom. The second kappa shape index (κ2) is 8.53. The summed E-state index contributed by atoms with van der Waals surface area (Å²) in [6.07, 6.45) is 3.81. The van der Waals surface area contributed by atoms with Gasteiger partial charge in [-0.2, -0.15) is 0 Å². The van der Waals surface area contributed by atoms with Crippen LogP contribution in [0.4, 0.5) is 4.79 Å². The molecule has 180 valence electrons. The summed E-state index contributed by atoms with van der Waals surface area (Å²) in [7, 11) is 0. The number of rotatable bonds is 3. The lowest BCUT2D eigenvalue weighted by Gasteiger charge is -2.51. The van der Waals surface area contributed by atoms with Crippen molar-refractivity contribution in [3.8, 4) is 11.1 Å². The maximum atomic E-state index is 13.5. The van der Waals surface area contributed by atoms with Gasteiger partial charge in [-0.15, -0.1) is 0 Å². The summed E-state index contributed by atoms with van der Waals surface area (Å²) >= 11 is 0. The summed E-state index contributed by atoms with van der Waals surface area (Å²) in [6.45, 7) is 4.52. The second-order valence-electron chi connectivity index (χ2n) is 10.6. The fourth-order valence-electron chi connectivity index (χ4n) is 6.87. The highest BCUT2D eigenvalue weighted by Gasteiger charge is 2.49. The molecule has 3 aromatic rings. The lowest BCUT2D eigenvalue weighted by Crippen LogP contribution is -2.59. The van der Waals surface area contributed by atoms with E-state index in [2.05, 4.69) is 74.5 Å². The smallest absolute Gasteiger partial charge is 0.410 e. The molecule has 0 aromatic heterocycles.